The molecule has 0 amide bonds. The lowest BCUT2D eigenvalue weighted by atomic mass is 10.3. The highest BCUT2D eigenvalue weighted by molar-refractivity contribution is 5.39. The Morgan fingerprint density at radius 2 is 1.95 bits per heavy atom. The van der Waals surface area contributed by atoms with Crippen molar-refractivity contribution in [3.05, 3.63) is 24.3 Å². The van der Waals surface area contributed by atoms with E-state index >= 15 is 0 Å². The van der Waals surface area contributed by atoms with Crippen molar-refractivity contribution in [1.29, 1.82) is 0 Å². The molecule has 1 rings (SSSR count). The number of para-hydroxylation sites is 2. The highest BCUT2D eigenvalue weighted by atomic mass is 16.5. The summed E-state index contributed by atoms with van der Waals surface area (Å²) in [6, 6.07) is 7.33. The molecule has 1 unspecified atom stereocenters. The first-order valence-electron chi connectivity index (χ1n) is 7.11. The number of aliphatic hydroxyl groups is 2. The SMILES string of the molecule is COc1ccccc1OCC(O)CNCCCOCCO. The number of aliphatic hydroxyl groups excluding tert-OH is 2. The molecule has 0 aliphatic carbocycles. The molecule has 0 fully saturated rings. The van der Waals surface area contributed by atoms with Crippen molar-refractivity contribution in [3.63, 3.8) is 0 Å². The van der Waals surface area contributed by atoms with E-state index in [2.05, 4.69) is 5.32 Å². The van der Waals surface area contributed by atoms with Crippen molar-refractivity contribution in [2.24, 2.45) is 0 Å². The van der Waals surface area contributed by atoms with Crippen molar-refractivity contribution in [3.8, 4) is 11.5 Å². The van der Waals surface area contributed by atoms with Gasteiger partial charge in [0, 0.05) is 13.2 Å². The van der Waals surface area contributed by atoms with Crippen molar-refractivity contribution in [2.75, 3.05) is 46.6 Å². The van der Waals surface area contributed by atoms with E-state index in [1.165, 1.54) is 0 Å². The van der Waals surface area contributed by atoms with E-state index in [-0.39, 0.29) is 13.2 Å². The molecule has 21 heavy (non-hydrogen) atoms. The molecule has 6 nitrogen and oxygen atoms in total. The number of hydrogen-bond acceptors (Lipinski definition) is 6. The van der Waals surface area contributed by atoms with Gasteiger partial charge in [0.1, 0.15) is 12.7 Å². The predicted octanol–water partition coefficient (Wildman–Crippen LogP) is 0.423. The Morgan fingerprint density at radius 3 is 2.67 bits per heavy atom. The molecule has 0 aliphatic heterocycles. The largest absolute Gasteiger partial charge is 0.493 e. The van der Waals surface area contributed by atoms with Gasteiger partial charge in [0.2, 0.25) is 0 Å². The summed E-state index contributed by atoms with van der Waals surface area (Å²) in [6.07, 6.45) is 0.244. The van der Waals surface area contributed by atoms with Crippen LogP contribution in [-0.2, 0) is 4.74 Å². The van der Waals surface area contributed by atoms with Crippen molar-refractivity contribution in [1.82, 2.24) is 5.32 Å². The second-order valence-electron chi connectivity index (χ2n) is 4.51. The van der Waals surface area contributed by atoms with E-state index in [0.29, 0.717) is 31.3 Å². The monoisotopic (exact) mass is 299 g/mol. The van der Waals surface area contributed by atoms with E-state index < -0.39 is 6.10 Å². The van der Waals surface area contributed by atoms with Gasteiger partial charge in [-0.3, -0.25) is 0 Å². The van der Waals surface area contributed by atoms with Crippen LogP contribution < -0.4 is 14.8 Å². The zero-order valence-corrected chi connectivity index (χ0v) is 12.5. The third-order valence-corrected chi connectivity index (χ3v) is 2.76. The molecule has 0 saturated heterocycles. The third kappa shape index (κ3) is 7.87. The van der Waals surface area contributed by atoms with E-state index in [1.54, 1.807) is 13.2 Å². The zero-order chi connectivity index (χ0) is 15.3. The summed E-state index contributed by atoms with van der Waals surface area (Å²) in [5.41, 5.74) is 0. The molecule has 0 saturated carbocycles. The fourth-order valence-corrected chi connectivity index (χ4v) is 1.72. The normalized spacial score (nSPS) is 12.1. The molecular weight excluding hydrogens is 274 g/mol. The smallest absolute Gasteiger partial charge is 0.161 e. The van der Waals surface area contributed by atoms with Crippen LogP contribution in [0.5, 0.6) is 11.5 Å². The molecule has 0 spiro atoms. The molecule has 6 heteroatoms. The summed E-state index contributed by atoms with van der Waals surface area (Å²) in [5.74, 6) is 1.27. The zero-order valence-electron chi connectivity index (χ0n) is 12.5. The molecular formula is C15H25NO5. The lowest BCUT2D eigenvalue weighted by Crippen LogP contribution is -2.32. The van der Waals surface area contributed by atoms with Gasteiger partial charge < -0.3 is 29.7 Å². The van der Waals surface area contributed by atoms with Crippen LogP contribution in [0.1, 0.15) is 6.42 Å². The lowest BCUT2D eigenvalue weighted by Gasteiger charge is -2.15. The van der Waals surface area contributed by atoms with Gasteiger partial charge in [0.25, 0.3) is 0 Å². The van der Waals surface area contributed by atoms with Crippen LogP contribution in [-0.4, -0.2) is 62.9 Å². The first-order chi connectivity index (χ1) is 10.3. The summed E-state index contributed by atoms with van der Waals surface area (Å²) in [7, 11) is 1.58. The van der Waals surface area contributed by atoms with Gasteiger partial charge in [-0.1, -0.05) is 12.1 Å². The van der Waals surface area contributed by atoms with E-state index in [1.807, 2.05) is 18.2 Å². The summed E-state index contributed by atoms with van der Waals surface area (Å²) in [5, 5.41) is 21.5. The van der Waals surface area contributed by atoms with Crippen LogP contribution >= 0.6 is 0 Å². The second-order valence-corrected chi connectivity index (χ2v) is 4.51. The second kappa shape index (κ2) is 11.3. The molecule has 120 valence electrons. The van der Waals surface area contributed by atoms with Gasteiger partial charge in [-0.25, -0.2) is 0 Å². The minimum atomic E-state index is -0.590. The highest BCUT2D eigenvalue weighted by Crippen LogP contribution is 2.25. The quantitative estimate of drug-likeness (QED) is 0.486. The molecule has 1 aromatic carbocycles. The fraction of sp³-hybridized carbons (Fsp3) is 0.600. The Kier molecular flexibility index (Phi) is 9.56. The topological polar surface area (TPSA) is 80.2 Å². The third-order valence-electron chi connectivity index (χ3n) is 2.76. The number of nitrogens with one attached hydrogen (secondary N) is 1. The summed E-state index contributed by atoms with van der Waals surface area (Å²) in [6.45, 7) is 2.42. The molecule has 3 N–H and O–H groups in total. The first kappa shape index (κ1) is 17.7. The number of benzene rings is 1. The summed E-state index contributed by atoms with van der Waals surface area (Å²) < 4.78 is 15.8. The highest BCUT2D eigenvalue weighted by Gasteiger charge is 2.07. The Morgan fingerprint density at radius 1 is 1.19 bits per heavy atom. The number of hydrogen-bond donors (Lipinski definition) is 3. The van der Waals surface area contributed by atoms with Crippen LogP contribution in [0.3, 0.4) is 0 Å². The van der Waals surface area contributed by atoms with Gasteiger partial charge >= 0.3 is 0 Å². The van der Waals surface area contributed by atoms with Crippen LogP contribution in [0.15, 0.2) is 24.3 Å². The molecule has 0 heterocycles. The summed E-state index contributed by atoms with van der Waals surface area (Å²) in [4.78, 5) is 0. The fourth-order valence-electron chi connectivity index (χ4n) is 1.72. The Bertz CT molecular complexity index is 375. The maximum atomic E-state index is 9.82. The van der Waals surface area contributed by atoms with Gasteiger partial charge in [-0.05, 0) is 25.1 Å². The number of rotatable bonds is 12. The van der Waals surface area contributed by atoms with Crippen molar-refractivity contribution >= 4 is 0 Å². The molecule has 0 aromatic heterocycles. The van der Waals surface area contributed by atoms with Crippen LogP contribution in [0.25, 0.3) is 0 Å². The lowest BCUT2D eigenvalue weighted by molar-refractivity contribution is 0.0872. The molecule has 0 aliphatic rings. The Labute approximate surface area is 125 Å². The maximum Gasteiger partial charge on any atom is 0.161 e. The molecule has 1 atom stereocenters. The van der Waals surface area contributed by atoms with Crippen LogP contribution in [0.4, 0.5) is 0 Å². The van der Waals surface area contributed by atoms with Crippen LogP contribution in [0.2, 0.25) is 0 Å². The van der Waals surface area contributed by atoms with Gasteiger partial charge in [-0.15, -0.1) is 0 Å². The molecule has 1 aromatic rings. The van der Waals surface area contributed by atoms with E-state index in [9.17, 15) is 5.11 Å². The standard InChI is InChI=1S/C15H25NO5/c1-19-14-5-2-3-6-15(14)21-12-13(18)11-16-7-4-9-20-10-8-17/h2-3,5-6,13,16-18H,4,7-12H2,1H3. The number of ether oxygens (including phenoxy) is 3. The van der Waals surface area contributed by atoms with Crippen molar-refractivity contribution in [2.45, 2.75) is 12.5 Å². The van der Waals surface area contributed by atoms with Gasteiger partial charge in [-0.2, -0.15) is 0 Å². The van der Waals surface area contributed by atoms with Crippen LogP contribution in [0, 0.1) is 0 Å². The summed E-state index contributed by atoms with van der Waals surface area (Å²) >= 11 is 0. The first-order valence-corrected chi connectivity index (χ1v) is 7.11. The average Bonchev–Trinajstić information content (AvgIpc) is 2.52. The minimum Gasteiger partial charge on any atom is -0.493 e. The minimum absolute atomic E-state index is 0.0480. The number of methoxy groups -OCH3 is 1. The Balaban J connectivity index is 2.09. The van der Waals surface area contributed by atoms with Gasteiger partial charge in [0.05, 0.1) is 20.3 Å². The molecule has 0 bridgehead atoms. The predicted molar refractivity (Wildman–Crippen MR) is 79.9 cm³/mol. The van der Waals surface area contributed by atoms with E-state index in [0.717, 1.165) is 13.0 Å². The molecule has 0 radical (unpaired) electrons. The van der Waals surface area contributed by atoms with E-state index in [4.69, 9.17) is 19.3 Å². The maximum absolute atomic E-state index is 9.82. The Hall–Kier alpha value is -1.34. The average molecular weight is 299 g/mol. The van der Waals surface area contributed by atoms with Gasteiger partial charge in [0.15, 0.2) is 11.5 Å². The van der Waals surface area contributed by atoms with Crippen molar-refractivity contribution < 1.29 is 24.4 Å².